The van der Waals surface area contributed by atoms with E-state index < -0.39 is 5.82 Å². The van der Waals surface area contributed by atoms with Gasteiger partial charge in [-0.25, -0.2) is 9.07 Å². The zero-order valence-electron chi connectivity index (χ0n) is 18.0. The van der Waals surface area contributed by atoms with Crippen LogP contribution in [0.4, 0.5) is 4.39 Å². The van der Waals surface area contributed by atoms with Crippen LogP contribution in [-0.4, -0.2) is 21.5 Å². The second-order valence-corrected chi connectivity index (χ2v) is 8.28. The number of nitrogens with zero attached hydrogens (tertiary/aromatic N) is 2. The molecule has 6 heteroatoms. The molecule has 0 spiro atoms. The number of ketones is 1. The average Bonchev–Trinajstić information content (AvgIpc) is 3.15. The maximum Gasteiger partial charge on any atom is 0.251 e. The first-order valence-electron chi connectivity index (χ1n) is 10.6. The molecular weight excluding hydrogens is 393 g/mol. The van der Waals surface area contributed by atoms with Crippen LogP contribution in [0.1, 0.15) is 75.8 Å². The summed E-state index contributed by atoms with van der Waals surface area (Å²) in [5.74, 6) is -0.375. The first-order valence-corrected chi connectivity index (χ1v) is 10.6. The molecule has 160 valence electrons. The van der Waals surface area contributed by atoms with Gasteiger partial charge in [-0.2, -0.15) is 5.10 Å². The zero-order chi connectivity index (χ0) is 22.1. The summed E-state index contributed by atoms with van der Waals surface area (Å²) in [6, 6.07) is 11.8. The molecule has 1 aliphatic carbocycles. The summed E-state index contributed by atoms with van der Waals surface area (Å²) in [7, 11) is 0. The van der Waals surface area contributed by atoms with Gasteiger partial charge in [0.1, 0.15) is 11.5 Å². The summed E-state index contributed by atoms with van der Waals surface area (Å²) >= 11 is 0. The SMILES string of the molecule is CC(=O)c1c2c(nn1-c1ccc(CNC(=O)c3cc(F)ccc3C)cc1)C(C)CCC2. The minimum Gasteiger partial charge on any atom is -0.348 e. The molecule has 1 unspecified atom stereocenters. The number of aryl methyl sites for hydroxylation is 1. The molecule has 1 N–H and O–H groups in total. The molecule has 1 heterocycles. The predicted molar refractivity (Wildman–Crippen MR) is 117 cm³/mol. The number of halogens is 1. The third-order valence-corrected chi connectivity index (χ3v) is 5.96. The summed E-state index contributed by atoms with van der Waals surface area (Å²) in [4.78, 5) is 24.8. The Morgan fingerprint density at radius 1 is 1.19 bits per heavy atom. The molecule has 0 saturated carbocycles. The number of carbonyl (C=O) groups is 2. The fourth-order valence-corrected chi connectivity index (χ4v) is 4.25. The van der Waals surface area contributed by atoms with Crippen molar-refractivity contribution in [2.75, 3.05) is 0 Å². The topological polar surface area (TPSA) is 64.0 Å². The number of Topliss-reactive ketones (excluding diaryl/α,β-unsaturated/α-hetero) is 1. The molecule has 3 aromatic rings. The van der Waals surface area contributed by atoms with Crippen molar-refractivity contribution in [3.8, 4) is 5.69 Å². The highest BCUT2D eigenvalue weighted by atomic mass is 19.1. The Balaban J connectivity index is 1.53. The van der Waals surface area contributed by atoms with Crippen LogP contribution in [0.25, 0.3) is 5.69 Å². The highest BCUT2D eigenvalue weighted by Gasteiger charge is 2.27. The lowest BCUT2D eigenvalue weighted by molar-refractivity contribution is 0.0948. The minimum absolute atomic E-state index is 0.0182. The first kappa shape index (κ1) is 21.0. The Morgan fingerprint density at radius 2 is 1.94 bits per heavy atom. The van der Waals surface area contributed by atoms with E-state index in [0.29, 0.717) is 23.7 Å². The number of fused-ring (bicyclic) bond motifs is 1. The van der Waals surface area contributed by atoms with Crippen molar-refractivity contribution in [1.82, 2.24) is 15.1 Å². The highest BCUT2D eigenvalue weighted by Crippen LogP contribution is 2.33. The lowest BCUT2D eigenvalue weighted by atomic mass is 9.87. The van der Waals surface area contributed by atoms with Crippen LogP contribution >= 0.6 is 0 Å². The van der Waals surface area contributed by atoms with Crippen molar-refractivity contribution < 1.29 is 14.0 Å². The number of hydrogen-bond donors (Lipinski definition) is 1. The molecule has 4 rings (SSSR count). The van der Waals surface area contributed by atoms with Gasteiger partial charge in [-0.1, -0.05) is 25.1 Å². The van der Waals surface area contributed by atoms with Crippen LogP contribution < -0.4 is 5.32 Å². The maximum atomic E-state index is 13.5. The number of benzene rings is 2. The van der Waals surface area contributed by atoms with Crippen LogP contribution in [-0.2, 0) is 13.0 Å². The third kappa shape index (κ3) is 4.15. The quantitative estimate of drug-likeness (QED) is 0.599. The summed E-state index contributed by atoms with van der Waals surface area (Å²) in [5, 5.41) is 7.61. The summed E-state index contributed by atoms with van der Waals surface area (Å²) < 4.78 is 15.2. The van der Waals surface area contributed by atoms with Gasteiger partial charge in [-0.15, -0.1) is 0 Å². The number of aromatic nitrogens is 2. The van der Waals surface area contributed by atoms with E-state index in [4.69, 9.17) is 5.10 Å². The van der Waals surface area contributed by atoms with E-state index in [2.05, 4.69) is 12.2 Å². The lowest BCUT2D eigenvalue weighted by Crippen LogP contribution is -2.23. The van der Waals surface area contributed by atoms with Crippen LogP contribution in [0.2, 0.25) is 0 Å². The Hall–Kier alpha value is -3.28. The van der Waals surface area contributed by atoms with Gasteiger partial charge in [0.15, 0.2) is 5.78 Å². The molecule has 0 fully saturated rings. The van der Waals surface area contributed by atoms with Crippen molar-refractivity contribution in [2.24, 2.45) is 0 Å². The molecule has 0 bridgehead atoms. The first-order chi connectivity index (χ1) is 14.8. The fraction of sp³-hybridized carbons (Fsp3) is 0.320. The van der Waals surface area contributed by atoms with Gasteiger partial charge in [-0.3, -0.25) is 9.59 Å². The lowest BCUT2D eigenvalue weighted by Gasteiger charge is -2.16. The van der Waals surface area contributed by atoms with Gasteiger partial charge in [0.05, 0.1) is 11.4 Å². The van der Waals surface area contributed by atoms with E-state index in [1.54, 1.807) is 24.6 Å². The van der Waals surface area contributed by atoms with Crippen LogP contribution in [0, 0.1) is 12.7 Å². The van der Waals surface area contributed by atoms with Crippen molar-refractivity contribution >= 4 is 11.7 Å². The largest absolute Gasteiger partial charge is 0.348 e. The minimum atomic E-state index is -0.433. The molecule has 0 aliphatic heterocycles. The molecular formula is C25H26FN3O2. The monoisotopic (exact) mass is 419 g/mol. The summed E-state index contributed by atoms with van der Waals surface area (Å²) in [6.07, 6.45) is 3.05. The van der Waals surface area contributed by atoms with Crippen molar-refractivity contribution in [3.63, 3.8) is 0 Å². The van der Waals surface area contributed by atoms with E-state index >= 15 is 0 Å². The zero-order valence-corrected chi connectivity index (χ0v) is 18.0. The summed E-state index contributed by atoms with van der Waals surface area (Å²) in [5.41, 5.74) is 5.56. The number of rotatable bonds is 5. The van der Waals surface area contributed by atoms with Crippen molar-refractivity contribution in [3.05, 3.63) is 81.9 Å². The molecule has 1 aliphatic rings. The molecule has 1 aromatic heterocycles. The molecule has 1 amide bonds. The van der Waals surface area contributed by atoms with Gasteiger partial charge in [0.25, 0.3) is 5.91 Å². The Morgan fingerprint density at radius 3 is 2.65 bits per heavy atom. The molecule has 2 aromatic carbocycles. The van der Waals surface area contributed by atoms with E-state index in [0.717, 1.165) is 47.3 Å². The van der Waals surface area contributed by atoms with E-state index in [-0.39, 0.29) is 11.7 Å². The Bertz CT molecular complexity index is 1150. The molecule has 0 radical (unpaired) electrons. The number of amides is 1. The number of carbonyl (C=O) groups excluding carboxylic acids is 2. The summed E-state index contributed by atoms with van der Waals surface area (Å²) in [6.45, 7) is 5.85. The third-order valence-electron chi connectivity index (χ3n) is 5.96. The number of hydrogen-bond acceptors (Lipinski definition) is 3. The van der Waals surface area contributed by atoms with Crippen LogP contribution in [0.15, 0.2) is 42.5 Å². The molecule has 0 saturated heterocycles. The van der Waals surface area contributed by atoms with E-state index in [1.165, 1.54) is 12.1 Å². The number of nitrogens with one attached hydrogen (secondary N) is 1. The molecule has 1 atom stereocenters. The second-order valence-electron chi connectivity index (χ2n) is 8.28. The van der Waals surface area contributed by atoms with Gasteiger partial charge in [-0.05, 0) is 61.6 Å². The molecule has 31 heavy (non-hydrogen) atoms. The van der Waals surface area contributed by atoms with Gasteiger partial charge in [0, 0.05) is 30.5 Å². The van der Waals surface area contributed by atoms with Crippen LogP contribution in [0.3, 0.4) is 0 Å². The fourth-order valence-electron chi connectivity index (χ4n) is 4.25. The smallest absolute Gasteiger partial charge is 0.251 e. The Labute approximate surface area is 181 Å². The van der Waals surface area contributed by atoms with Crippen molar-refractivity contribution in [1.29, 1.82) is 0 Å². The van der Waals surface area contributed by atoms with E-state index in [9.17, 15) is 14.0 Å². The predicted octanol–water partition coefficient (Wildman–Crippen LogP) is 4.89. The van der Waals surface area contributed by atoms with Crippen LogP contribution in [0.5, 0.6) is 0 Å². The standard InChI is InChI=1S/C25H26FN3O2/c1-15-7-10-19(26)13-22(15)25(31)27-14-18-8-11-20(12-9-18)29-24(17(3)30)21-6-4-5-16(2)23(21)28-29/h7-13,16H,4-6,14H2,1-3H3,(H,27,31). The second kappa shape index (κ2) is 8.46. The van der Waals surface area contributed by atoms with Gasteiger partial charge in [0.2, 0.25) is 0 Å². The van der Waals surface area contributed by atoms with Gasteiger partial charge >= 0.3 is 0 Å². The maximum absolute atomic E-state index is 13.5. The van der Waals surface area contributed by atoms with Crippen molar-refractivity contribution in [2.45, 2.75) is 52.5 Å². The van der Waals surface area contributed by atoms with Gasteiger partial charge < -0.3 is 5.32 Å². The normalized spacial score (nSPS) is 15.4. The molecule has 5 nitrogen and oxygen atoms in total. The van der Waals surface area contributed by atoms with E-state index in [1.807, 2.05) is 24.3 Å². The Kier molecular flexibility index (Phi) is 5.72. The average molecular weight is 420 g/mol. The highest BCUT2D eigenvalue weighted by molar-refractivity contribution is 5.96.